The lowest BCUT2D eigenvalue weighted by Crippen LogP contribution is -2.60. The van der Waals surface area contributed by atoms with Gasteiger partial charge in [-0.05, 0) is 136 Å². The number of carbonyl (C=O) groups excluding carboxylic acids is 10. The molecule has 33 heteroatoms. The molecule has 1 aliphatic heterocycles. The Morgan fingerprint density at radius 2 is 1.26 bits per heavy atom. The van der Waals surface area contributed by atoms with Crippen molar-refractivity contribution in [2.45, 2.75) is 244 Å². The van der Waals surface area contributed by atoms with Crippen LogP contribution in [0.4, 0.5) is 9.59 Å². The van der Waals surface area contributed by atoms with Gasteiger partial charge in [0.25, 0.3) is 0 Å². The molecule has 3 aromatic carbocycles. The summed E-state index contributed by atoms with van der Waals surface area (Å²) in [4.78, 5) is 176. The second-order valence-electron chi connectivity index (χ2n) is 31.7. The molecular weight excluding hydrogens is 1550 g/mol. The Balaban J connectivity index is 0.972. The topological polar surface area (TPSA) is 442 Å². The number of unbranched alkanes of at least 4 members (excludes halogenated alkanes) is 3. The number of benzene rings is 3. The zero-order valence-electron chi connectivity index (χ0n) is 70.2. The molecule has 11 amide bonds. The number of ether oxygens (including phenoxy) is 3. The number of aliphatic carboxylic acids is 3. The quantitative estimate of drug-likeness (QED) is 0.0193. The lowest BCUT2D eigenvalue weighted by Gasteiger charge is -2.41. The summed E-state index contributed by atoms with van der Waals surface area (Å²) >= 11 is 0. The number of hydrogen-bond acceptors (Lipinski definition) is 19. The van der Waals surface area contributed by atoms with Crippen LogP contribution >= 0.6 is 21.6 Å². The lowest BCUT2D eigenvalue weighted by molar-refractivity contribution is -0.148. The summed E-state index contributed by atoms with van der Waals surface area (Å²) < 4.78 is 17.7. The first kappa shape index (κ1) is 98.8. The van der Waals surface area contributed by atoms with E-state index in [0.717, 1.165) is 28.3 Å². The van der Waals surface area contributed by atoms with Crippen LogP contribution in [0.2, 0.25) is 0 Å². The summed E-state index contributed by atoms with van der Waals surface area (Å²) in [5, 5.41) is 52.1. The number of carboxylic acids is 3. The Labute approximate surface area is 696 Å². The van der Waals surface area contributed by atoms with Gasteiger partial charge >= 0.3 is 30.0 Å². The highest BCUT2D eigenvalue weighted by Crippen LogP contribution is 2.32. The fourth-order valence-electron chi connectivity index (χ4n) is 15.2. The van der Waals surface area contributed by atoms with Crippen LogP contribution in [0.25, 0.3) is 10.8 Å². The maximum Gasteiger partial charge on any atom is 0.410 e. The Bertz CT molecular complexity index is 3710. The number of likely N-dealkylation sites (tertiary alicyclic amines) is 1. The van der Waals surface area contributed by atoms with E-state index < -0.39 is 121 Å². The van der Waals surface area contributed by atoms with Gasteiger partial charge in [-0.1, -0.05) is 156 Å². The summed E-state index contributed by atoms with van der Waals surface area (Å²) in [6.07, 6.45) is 5.03. The second-order valence-corrected chi connectivity index (χ2v) is 34.4. The van der Waals surface area contributed by atoms with Crippen LogP contribution in [0.1, 0.15) is 176 Å². The average molecular weight is 1680 g/mol. The third-order valence-corrected chi connectivity index (χ3v) is 24.5. The largest absolute Gasteiger partial charge is 0.481 e. The van der Waals surface area contributed by atoms with E-state index in [1.807, 2.05) is 114 Å². The van der Waals surface area contributed by atoms with Crippen molar-refractivity contribution in [1.82, 2.24) is 57.2 Å². The SMILES string of the molecule is CC[C@H](C)C([C@@H](CC(=O)N1CCC[C@H]1[C@H](OC)[C@@H](C)C(=O)N[C@H](C)Cc1ccccc1)OC)N(C)C(=O)[C@@H](NC(=O)[C@H](C(C)C)N(C)C(=O)OCCSSC[C@H](N)C(=O)NCCCCCC(=O)NCC1CCC(C(=O)N[C@@H](Cc2ccc3ccccc3c2)C(=O)NCCCC[C@H](NC(=O)N[C@@H](CCC(=O)O)C(=O)O)C(=O)O)CC1)C(C)C. The van der Waals surface area contributed by atoms with E-state index in [9.17, 15) is 72.5 Å². The summed E-state index contributed by atoms with van der Waals surface area (Å²) in [6, 6.07) is 14.6. The predicted octanol–water partition coefficient (Wildman–Crippen LogP) is 7.43. The van der Waals surface area contributed by atoms with Crippen LogP contribution in [-0.4, -0.2) is 247 Å². The monoisotopic (exact) mass is 1670 g/mol. The van der Waals surface area contributed by atoms with E-state index in [0.29, 0.717) is 102 Å². The highest BCUT2D eigenvalue weighted by atomic mass is 33.1. The van der Waals surface area contributed by atoms with Crippen molar-refractivity contribution in [3.8, 4) is 0 Å². The summed E-state index contributed by atoms with van der Waals surface area (Å²) in [5.41, 5.74) is 8.15. The maximum atomic E-state index is 14.8. The minimum Gasteiger partial charge on any atom is -0.481 e. The molecule has 3 aromatic rings. The van der Waals surface area contributed by atoms with Gasteiger partial charge in [-0.25, -0.2) is 19.2 Å². The number of nitrogens with two attached hydrogens (primary N) is 1. The van der Waals surface area contributed by atoms with E-state index in [1.165, 1.54) is 40.6 Å². The molecule has 1 heterocycles. The highest BCUT2D eigenvalue weighted by Gasteiger charge is 2.44. The molecule has 0 radical (unpaired) electrons. The molecule has 13 atom stereocenters. The van der Waals surface area contributed by atoms with E-state index in [2.05, 4.69) is 42.5 Å². The van der Waals surface area contributed by atoms with Crippen LogP contribution in [0.5, 0.6) is 0 Å². The first-order valence-electron chi connectivity index (χ1n) is 41.2. The van der Waals surface area contributed by atoms with Crippen molar-refractivity contribution in [1.29, 1.82) is 0 Å². The molecule has 117 heavy (non-hydrogen) atoms. The van der Waals surface area contributed by atoms with Gasteiger partial charge in [-0.3, -0.25) is 48.1 Å². The zero-order chi connectivity index (χ0) is 86.4. The van der Waals surface area contributed by atoms with Gasteiger partial charge in [0.15, 0.2) is 0 Å². The van der Waals surface area contributed by atoms with Gasteiger partial charge in [-0.15, -0.1) is 0 Å². The number of carboxylic acid groups (broad SMARTS) is 3. The van der Waals surface area contributed by atoms with Crippen LogP contribution in [0.3, 0.4) is 0 Å². The predicted molar refractivity (Wildman–Crippen MR) is 449 cm³/mol. The van der Waals surface area contributed by atoms with Crippen molar-refractivity contribution in [2.75, 3.05) is 72.6 Å². The van der Waals surface area contributed by atoms with Gasteiger partial charge in [0, 0.05) is 97.2 Å². The molecule has 2 aliphatic rings. The van der Waals surface area contributed by atoms with Crippen LogP contribution in [0, 0.1) is 35.5 Å². The van der Waals surface area contributed by atoms with Gasteiger partial charge < -0.3 is 87.6 Å². The molecule has 31 nitrogen and oxygen atoms in total. The number of likely N-dealkylation sites (N-methyl/N-ethyl adjacent to an activating group) is 2. The van der Waals surface area contributed by atoms with Crippen molar-refractivity contribution in [3.63, 3.8) is 0 Å². The van der Waals surface area contributed by atoms with Gasteiger partial charge in [0.1, 0.15) is 36.8 Å². The fourth-order valence-corrected chi connectivity index (χ4v) is 17.1. The number of nitrogens with zero attached hydrogens (tertiary/aromatic N) is 3. The molecule has 0 bridgehead atoms. The number of urea groups is 1. The number of methoxy groups -OCH3 is 2. The molecule has 652 valence electrons. The molecular formula is C84H130N12O19S2. The molecule has 1 aliphatic carbocycles. The van der Waals surface area contributed by atoms with E-state index in [4.69, 9.17) is 25.1 Å². The number of hydrogen-bond donors (Lipinski definition) is 12. The number of nitrogens with one attached hydrogen (secondary N) is 8. The summed E-state index contributed by atoms with van der Waals surface area (Å²) in [6.45, 7) is 16.4. The minimum atomic E-state index is -1.55. The van der Waals surface area contributed by atoms with Crippen LogP contribution in [-0.2, 0) is 79.8 Å². The van der Waals surface area contributed by atoms with Crippen molar-refractivity contribution >= 4 is 110 Å². The lowest BCUT2D eigenvalue weighted by atomic mass is 9.81. The van der Waals surface area contributed by atoms with Crippen LogP contribution in [0.15, 0.2) is 72.8 Å². The number of carbonyl (C=O) groups is 13. The van der Waals surface area contributed by atoms with Gasteiger partial charge in [0.2, 0.25) is 47.3 Å². The zero-order valence-corrected chi connectivity index (χ0v) is 71.9. The third kappa shape index (κ3) is 33.1. The van der Waals surface area contributed by atoms with E-state index in [-0.39, 0.29) is 116 Å². The Kier molecular flexibility index (Phi) is 43.5. The smallest absolute Gasteiger partial charge is 0.410 e. The molecule has 5 rings (SSSR count). The molecule has 1 saturated carbocycles. The third-order valence-electron chi connectivity index (χ3n) is 22.1. The molecule has 2 fully saturated rings. The Morgan fingerprint density at radius 1 is 0.615 bits per heavy atom. The number of fused-ring (bicyclic) bond motifs is 1. The first-order chi connectivity index (χ1) is 55.7. The van der Waals surface area contributed by atoms with Crippen LogP contribution < -0.4 is 48.3 Å². The van der Waals surface area contributed by atoms with Gasteiger partial charge in [-0.2, -0.15) is 0 Å². The molecule has 0 aromatic heterocycles. The Morgan fingerprint density at radius 3 is 1.88 bits per heavy atom. The van der Waals surface area contributed by atoms with Gasteiger partial charge in [0.05, 0.1) is 42.7 Å². The fraction of sp³-hybridized carbons (Fsp3) is 0.655. The summed E-state index contributed by atoms with van der Waals surface area (Å²) in [5.74, 6) is -7.55. The normalized spacial score (nSPS) is 17.8. The first-order valence-corrected chi connectivity index (χ1v) is 43.7. The standard InChI is InChI=1S/C84H130N12O19S2/c1-13-53(6)73(67(113-11)48-69(98)96-42-24-30-66(96)74(114-12)55(8)75(101)89-54(7)45-56-25-16-14-17-26-56)94(9)80(106)71(51(2)3)93-79(105)72(52(4)5)95(10)84(112)115-43-44-116-117-50-62(85)77(103)86-40-22-15-18-31-68(97)88-49-57-32-36-60(37-33-57)76(102)90-65(47-58-34-35-59-27-19-20-28-61(59)46-58)78(104)87-41-23-21-29-63(81(107)108)91-83(111)92-64(82(109)110)38-39-70(99)100/h14,16-17,19-20,25-28,34-35,46,51-55,57,60,62-67,71-74H,13,15,18,21-24,29-33,36-45,47-50,85H2,1-12H3,(H,86,103)(H,87,104)(H,88,97)(H,89,101)(H,90,102)(H,93,105)(H,99,100)(H,107,108)(H,109,110)(H2,91,92,111)/t53-,54+,55+,57?,60?,62-,63-,64-,65-,66-,67+,71-,72-,73?,74+/m0/s1. The molecule has 1 unspecified atom stereocenters. The van der Waals surface area contributed by atoms with E-state index >= 15 is 0 Å². The number of amides is 11. The molecule has 13 N–H and O–H groups in total. The maximum absolute atomic E-state index is 14.8. The second kappa shape index (κ2) is 51.5. The highest BCUT2D eigenvalue weighted by molar-refractivity contribution is 8.76. The van der Waals surface area contributed by atoms with Crippen molar-refractivity contribution < 1.29 is 91.9 Å². The average Bonchev–Trinajstić information content (AvgIpc) is 1.77. The molecule has 1 saturated heterocycles. The van der Waals surface area contributed by atoms with Crippen molar-refractivity contribution in [2.24, 2.45) is 41.2 Å². The minimum absolute atomic E-state index is 0.00321. The van der Waals surface area contributed by atoms with Crippen molar-refractivity contribution in [3.05, 3.63) is 83.9 Å². The summed E-state index contributed by atoms with van der Waals surface area (Å²) in [7, 11) is 8.94. The Hall–Kier alpha value is -8.79. The molecule has 0 spiro atoms. The number of rotatable bonds is 52. The van der Waals surface area contributed by atoms with E-state index in [1.54, 1.807) is 37.8 Å².